The highest BCUT2D eigenvalue weighted by Crippen LogP contribution is 2.42. The summed E-state index contributed by atoms with van der Waals surface area (Å²) in [5, 5.41) is 12.1. The van der Waals surface area contributed by atoms with E-state index in [0.717, 1.165) is 24.8 Å². The average molecular weight is 462 g/mol. The van der Waals surface area contributed by atoms with Crippen molar-refractivity contribution in [3.05, 3.63) is 83.0 Å². The lowest BCUT2D eigenvalue weighted by Crippen LogP contribution is -2.50. The Hall–Kier alpha value is -3.79. The molecule has 1 aliphatic carbocycles. The largest absolute Gasteiger partial charge is 0.475 e. The minimum absolute atomic E-state index is 0.133. The molecule has 0 bridgehead atoms. The van der Waals surface area contributed by atoms with E-state index in [-0.39, 0.29) is 23.5 Å². The molecule has 0 radical (unpaired) electrons. The number of ether oxygens (including phenoxy) is 1. The molecule has 7 heteroatoms. The summed E-state index contributed by atoms with van der Waals surface area (Å²) in [7, 11) is 0. The molecule has 2 aromatic carbocycles. The number of amides is 1. The van der Waals surface area contributed by atoms with Crippen LogP contribution in [0.2, 0.25) is 0 Å². The average Bonchev–Trinajstić information content (AvgIpc) is 2.81. The van der Waals surface area contributed by atoms with Crippen molar-refractivity contribution in [2.24, 2.45) is 0 Å². The van der Waals surface area contributed by atoms with Crippen LogP contribution in [0.3, 0.4) is 0 Å². The van der Waals surface area contributed by atoms with Crippen LogP contribution in [-0.2, 0) is 5.54 Å². The van der Waals surface area contributed by atoms with E-state index in [1.54, 1.807) is 36.4 Å². The normalized spacial score (nSPS) is 14.4. The Morgan fingerprint density at radius 2 is 1.79 bits per heavy atom. The minimum Gasteiger partial charge on any atom is -0.475 e. The zero-order valence-corrected chi connectivity index (χ0v) is 19.0. The smallest absolute Gasteiger partial charge is 0.264 e. The van der Waals surface area contributed by atoms with Gasteiger partial charge in [0.1, 0.15) is 0 Å². The van der Waals surface area contributed by atoms with E-state index in [1.807, 2.05) is 32.0 Å². The maximum atomic E-state index is 13.8. The van der Waals surface area contributed by atoms with E-state index in [4.69, 9.17) is 10.00 Å². The number of alkyl halides is 2. The molecule has 0 aliphatic heterocycles. The highest BCUT2D eigenvalue weighted by atomic mass is 19.3. The van der Waals surface area contributed by atoms with E-state index < -0.39 is 12.0 Å². The molecule has 3 aromatic rings. The number of halogens is 2. The van der Waals surface area contributed by atoms with Crippen LogP contribution in [0.5, 0.6) is 5.88 Å². The molecular formula is C27H25F2N3O2. The Labute approximate surface area is 197 Å². The molecule has 0 unspecified atom stereocenters. The highest BCUT2D eigenvalue weighted by Gasteiger charge is 2.40. The van der Waals surface area contributed by atoms with Gasteiger partial charge in [-0.3, -0.25) is 4.79 Å². The molecule has 1 amide bonds. The summed E-state index contributed by atoms with van der Waals surface area (Å²) in [6.45, 7) is 3.62. The Kier molecular flexibility index (Phi) is 6.60. The van der Waals surface area contributed by atoms with Crippen LogP contribution < -0.4 is 10.1 Å². The summed E-state index contributed by atoms with van der Waals surface area (Å²) < 4.78 is 33.0. The van der Waals surface area contributed by atoms with Gasteiger partial charge in [-0.2, -0.15) is 5.26 Å². The van der Waals surface area contributed by atoms with Gasteiger partial charge in [0.05, 0.1) is 23.3 Å². The van der Waals surface area contributed by atoms with Gasteiger partial charge in [0, 0.05) is 29.0 Å². The number of benzene rings is 2. The second-order valence-electron chi connectivity index (χ2n) is 8.73. The van der Waals surface area contributed by atoms with E-state index in [0.29, 0.717) is 22.3 Å². The van der Waals surface area contributed by atoms with Gasteiger partial charge in [-0.25, -0.2) is 13.8 Å². The monoisotopic (exact) mass is 461 g/mol. The lowest BCUT2D eigenvalue weighted by atomic mass is 9.71. The molecule has 1 aliphatic rings. The van der Waals surface area contributed by atoms with Crippen LogP contribution in [0.1, 0.15) is 66.6 Å². The van der Waals surface area contributed by atoms with E-state index in [1.165, 1.54) is 12.3 Å². The predicted molar refractivity (Wildman–Crippen MR) is 125 cm³/mol. The Balaban J connectivity index is 1.57. The molecule has 1 fully saturated rings. The second-order valence-corrected chi connectivity index (χ2v) is 8.73. The number of rotatable bonds is 7. The fourth-order valence-electron chi connectivity index (χ4n) is 4.15. The molecular weight excluding hydrogens is 436 g/mol. The molecule has 174 valence electrons. The summed E-state index contributed by atoms with van der Waals surface area (Å²) in [4.78, 5) is 17.0. The predicted octanol–water partition coefficient (Wildman–Crippen LogP) is 6.15. The molecule has 1 N–H and O–H groups in total. The van der Waals surface area contributed by atoms with Crippen LogP contribution in [0.15, 0.2) is 60.8 Å². The van der Waals surface area contributed by atoms with Crippen LogP contribution >= 0.6 is 0 Å². The lowest BCUT2D eigenvalue weighted by molar-refractivity contribution is 0.0823. The van der Waals surface area contributed by atoms with Crippen molar-refractivity contribution < 1.29 is 18.3 Å². The first-order valence-electron chi connectivity index (χ1n) is 11.2. The number of hydrogen-bond donors (Lipinski definition) is 1. The summed E-state index contributed by atoms with van der Waals surface area (Å²) in [6, 6.07) is 17.2. The summed E-state index contributed by atoms with van der Waals surface area (Å²) in [5.74, 6) is -0.0391. The number of nitrogens with zero attached hydrogens (tertiary/aromatic N) is 2. The van der Waals surface area contributed by atoms with Gasteiger partial charge < -0.3 is 10.1 Å². The first-order chi connectivity index (χ1) is 16.3. The maximum Gasteiger partial charge on any atom is 0.264 e. The first kappa shape index (κ1) is 23.4. The Bertz CT molecular complexity index is 1210. The third kappa shape index (κ3) is 4.76. The van der Waals surface area contributed by atoms with Gasteiger partial charge in [0.15, 0.2) is 0 Å². The van der Waals surface area contributed by atoms with Crippen molar-refractivity contribution in [2.75, 3.05) is 0 Å². The molecule has 0 atom stereocenters. The third-order valence-electron chi connectivity index (χ3n) is 6.09. The summed E-state index contributed by atoms with van der Waals surface area (Å²) in [6.07, 6.45) is 1.14. The SMILES string of the molecule is CC(C)Oc1cc(C(F)F)c(-c2ccc(C3(NC(=O)c4ccc(C#N)cc4)CCC3)cc2)cn1. The standard InChI is InChI=1S/C27H25F2N3O2/c1-17(2)34-24-14-22(25(28)29)23(16-31-24)19-8-10-21(11-9-19)27(12-3-13-27)32-26(33)20-6-4-18(15-30)5-7-20/h4-11,14,16-17,25H,3,12-13H2,1-2H3,(H,32,33). The van der Waals surface area contributed by atoms with Crippen molar-refractivity contribution in [1.29, 1.82) is 5.26 Å². The molecule has 1 saturated carbocycles. The molecule has 34 heavy (non-hydrogen) atoms. The zero-order chi connectivity index (χ0) is 24.3. The van der Waals surface area contributed by atoms with Crippen LogP contribution in [0.25, 0.3) is 11.1 Å². The van der Waals surface area contributed by atoms with Crippen LogP contribution in [-0.4, -0.2) is 17.0 Å². The fourth-order valence-corrected chi connectivity index (χ4v) is 4.15. The maximum absolute atomic E-state index is 13.8. The van der Waals surface area contributed by atoms with Gasteiger partial charge in [-0.05, 0) is 68.5 Å². The van der Waals surface area contributed by atoms with E-state index in [2.05, 4.69) is 10.3 Å². The molecule has 5 nitrogen and oxygen atoms in total. The highest BCUT2D eigenvalue weighted by molar-refractivity contribution is 5.95. The number of carbonyl (C=O) groups is 1. The number of aromatic nitrogens is 1. The third-order valence-corrected chi connectivity index (χ3v) is 6.09. The Morgan fingerprint density at radius 3 is 2.32 bits per heavy atom. The lowest BCUT2D eigenvalue weighted by Gasteiger charge is -2.43. The van der Waals surface area contributed by atoms with Crippen molar-refractivity contribution in [3.63, 3.8) is 0 Å². The fraction of sp³-hybridized carbons (Fsp3) is 0.296. The Morgan fingerprint density at radius 1 is 1.12 bits per heavy atom. The van der Waals surface area contributed by atoms with Gasteiger partial charge >= 0.3 is 0 Å². The van der Waals surface area contributed by atoms with E-state index >= 15 is 0 Å². The van der Waals surface area contributed by atoms with Crippen molar-refractivity contribution in [3.8, 4) is 23.1 Å². The number of nitrogens with one attached hydrogen (secondary N) is 1. The van der Waals surface area contributed by atoms with Gasteiger partial charge in [0.25, 0.3) is 12.3 Å². The molecule has 1 aromatic heterocycles. The second kappa shape index (κ2) is 9.60. The number of carbonyl (C=O) groups excluding carboxylic acids is 1. The van der Waals surface area contributed by atoms with Crippen LogP contribution in [0.4, 0.5) is 8.78 Å². The van der Waals surface area contributed by atoms with Crippen LogP contribution in [0, 0.1) is 11.3 Å². The van der Waals surface area contributed by atoms with E-state index in [9.17, 15) is 13.6 Å². The topological polar surface area (TPSA) is 75.0 Å². The van der Waals surface area contributed by atoms with Crippen molar-refractivity contribution in [1.82, 2.24) is 10.3 Å². The summed E-state index contributed by atoms with van der Waals surface area (Å²) >= 11 is 0. The molecule has 4 rings (SSSR count). The number of pyridine rings is 1. The van der Waals surface area contributed by atoms with Crippen molar-refractivity contribution in [2.45, 2.75) is 51.2 Å². The molecule has 0 spiro atoms. The summed E-state index contributed by atoms with van der Waals surface area (Å²) in [5.41, 5.74) is 2.24. The zero-order valence-electron chi connectivity index (χ0n) is 19.0. The van der Waals surface area contributed by atoms with Crippen molar-refractivity contribution >= 4 is 5.91 Å². The number of hydrogen-bond acceptors (Lipinski definition) is 4. The first-order valence-corrected chi connectivity index (χ1v) is 11.2. The number of nitriles is 1. The molecule has 1 heterocycles. The van der Waals surface area contributed by atoms with Gasteiger partial charge in [-0.1, -0.05) is 24.3 Å². The minimum atomic E-state index is -2.67. The van der Waals surface area contributed by atoms with Gasteiger partial charge in [0.2, 0.25) is 5.88 Å². The van der Waals surface area contributed by atoms with Gasteiger partial charge in [-0.15, -0.1) is 0 Å². The quantitative estimate of drug-likeness (QED) is 0.458. The molecule has 0 saturated heterocycles.